The lowest BCUT2D eigenvalue weighted by atomic mass is 9.79. The van der Waals surface area contributed by atoms with Crippen molar-refractivity contribution in [1.82, 2.24) is 5.32 Å². The Labute approximate surface area is 172 Å². The van der Waals surface area contributed by atoms with E-state index in [-0.39, 0.29) is 13.4 Å². The van der Waals surface area contributed by atoms with Gasteiger partial charge in [-0.25, -0.2) is 0 Å². The number of amides is 1. The third-order valence-corrected chi connectivity index (χ3v) is 4.84. The van der Waals surface area contributed by atoms with Gasteiger partial charge in [0.05, 0.1) is 6.04 Å². The standard InChI is InChI=1S/C20H23NO9/c1-9(29-11(3)23)19(30-12(4)24)18-13-5-16-17(28-8-27-16)6-14(13)20(25)21-15(18)7-26-10(2)22/h5-6,9,15,18-19H,7-8H2,1-4H3,(H,21,25)/t9-,15+,18-,19+/m1/s1. The lowest BCUT2D eigenvalue weighted by Crippen LogP contribution is -2.54. The highest BCUT2D eigenvalue weighted by Crippen LogP contribution is 2.42. The molecule has 10 nitrogen and oxygen atoms in total. The number of carbonyl (C=O) groups excluding carboxylic acids is 4. The van der Waals surface area contributed by atoms with Crippen LogP contribution in [0.3, 0.4) is 0 Å². The van der Waals surface area contributed by atoms with Crippen molar-refractivity contribution >= 4 is 23.8 Å². The van der Waals surface area contributed by atoms with Crippen molar-refractivity contribution in [2.24, 2.45) is 0 Å². The van der Waals surface area contributed by atoms with Crippen LogP contribution in [-0.2, 0) is 28.6 Å². The van der Waals surface area contributed by atoms with Crippen LogP contribution in [0, 0.1) is 0 Å². The topological polar surface area (TPSA) is 126 Å². The predicted octanol–water partition coefficient (Wildman–Crippen LogP) is 1.06. The van der Waals surface area contributed by atoms with Crippen LogP contribution in [0.2, 0.25) is 0 Å². The number of rotatable bonds is 6. The zero-order chi connectivity index (χ0) is 22.0. The summed E-state index contributed by atoms with van der Waals surface area (Å²) >= 11 is 0. The fourth-order valence-electron chi connectivity index (χ4n) is 3.72. The molecule has 10 heteroatoms. The highest BCUT2D eigenvalue weighted by molar-refractivity contribution is 5.98. The maximum Gasteiger partial charge on any atom is 0.303 e. The van der Waals surface area contributed by atoms with E-state index < -0.39 is 48.0 Å². The van der Waals surface area contributed by atoms with Gasteiger partial charge in [0.15, 0.2) is 11.5 Å². The van der Waals surface area contributed by atoms with E-state index in [0.717, 1.165) is 0 Å². The summed E-state index contributed by atoms with van der Waals surface area (Å²) in [5, 5.41) is 2.79. The third-order valence-electron chi connectivity index (χ3n) is 4.84. The van der Waals surface area contributed by atoms with Crippen molar-refractivity contribution in [2.75, 3.05) is 13.4 Å². The molecule has 1 amide bonds. The quantitative estimate of drug-likeness (QED) is 0.530. The minimum atomic E-state index is -0.966. The molecule has 0 radical (unpaired) electrons. The summed E-state index contributed by atoms with van der Waals surface area (Å²) in [5.41, 5.74) is 0.806. The summed E-state index contributed by atoms with van der Waals surface area (Å²) < 4.78 is 26.7. The van der Waals surface area contributed by atoms with Gasteiger partial charge in [-0.1, -0.05) is 0 Å². The van der Waals surface area contributed by atoms with Crippen LogP contribution < -0.4 is 14.8 Å². The van der Waals surface area contributed by atoms with E-state index in [1.165, 1.54) is 20.8 Å². The molecule has 30 heavy (non-hydrogen) atoms. The van der Waals surface area contributed by atoms with E-state index in [1.54, 1.807) is 19.1 Å². The third kappa shape index (κ3) is 4.47. The molecular weight excluding hydrogens is 398 g/mol. The molecule has 2 aliphatic rings. The molecule has 0 aromatic heterocycles. The minimum Gasteiger partial charge on any atom is -0.464 e. The zero-order valence-corrected chi connectivity index (χ0v) is 17.1. The highest BCUT2D eigenvalue weighted by Gasteiger charge is 2.45. The van der Waals surface area contributed by atoms with Crippen molar-refractivity contribution in [2.45, 2.75) is 51.9 Å². The Morgan fingerprint density at radius 1 is 1.07 bits per heavy atom. The summed E-state index contributed by atoms with van der Waals surface area (Å²) in [6, 6.07) is 2.44. The van der Waals surface area contributed by atoms with Crippen molar-refractivity contribution in [3.63, 3.8) is 0 Å². The number of fused-ring (bicyclic) bond motifs is 2. The molecule has 0 fully saturated rings. The average Bonchev–Trinajstić information content (AvgIpc) is 3.10. The van der Waals surface area contributed by atoms with Gasteiger partial charge in [0.2, 0.25) is 6.79 Å². The fraction of sp³-hybridized carbons (Fsp3) is 0.500. The van der Waals surface area contributed by atoms with E-state index in [4.69, 9.17) is 23.7 Å². The molecule has 4 atom stereocenters. The van der Waals surface area contributed by atoms with Gasteiger partial charge in [-0.05, 0) is 24.6 Å². The Balaban J connectivity index is 2.09. The molecule has 0 spiro atoms. The molecule has 2 heterocycles. The summed E-state index contributed by atoms with van der Waals surface area (Å²) in [6.07, 6.45) is -1.81. The smallest absolute Gasteiger partial charge is 0.303 e. The van der Waals surface area contributed by atoms with Gasteiger partial charge in [-0.3, -0.25) is 19.2 Å². The molecule has 1 aromatic carbocycles. The largest absolute Gasteiger partial charge is 0.464 e. The van der Waals surface area contributed by atoms with Crippen LogP contribution in [0.25, 0.3) is 0 Å². The first-order valence-corrected chi connectivity index (χ1v) is 9.39. The number of ether oxygens (including phenoxy) is 5. The highest BCUT2D eigenvalue weighted by atomic mass is 16.7. The van der Waals surface area contributed by atoms with Crippen LogP contribution in [0.1, 0.15) is 49.5 Å². The van der Waals surface area contributed by atoms with Gasteiger partial charge in [-0.15, -0.1) is 0 Å². The maximum atomic E-state index is 12.7. The second kappa shape index (κ2) is 8.60. The van der Waals surface area contributed by atoms with Crippen LogP contribution in [0.4, 0.5) is 0 Å². The first-order valence-electron chi connectivity index (χ1n) is 9.39. The Kier molecular flexibility index (Phi) is 6.14. The number of esters is 3. The summed E-state index contributed by atoms with van der Waals surface area (Å²) in [5.74, 6) is -1.93. The molecule has 0 saturated heterocycles. The van der Waals surface area contributed by atoms with Gasteiger partial charge in [0, 0.05) is 32.3 Å². The van der Waals surface area contributed by atoms with Crippen molar-refractivity contribution in [3.8, 4) is 11.5 Å². The van der Waals surface area contributed by atoms with E-state index in [0.29, 0.717) is 22.6 Å². The van der Waals surface area contributed by atoms with E-state index in [1.807, 2.05) is 0 Å². The van der Waals surface area contributed by atoms with E-state index in [9.17, 15) is 19.2 Å². The summed E-state index contributed by atoms with van der Waals surface area (Å²) in [7, 11) is 0. The normalized spacial score (nSPS) is 21.0. The Morgan fingerprint density at radius 2 is 1.70 bits per heavy atom. The second-order valence-electron chi connectivity index (χ2n) is 7.09. The van der Waals surface area contributed by atoms with Gasteiger partial charge < -0.3 is 29.0 Å². The molecule has 0 saturated carbocycles. The zero-order valence-electron chi connectivity index (χ0n) is 17.1. The number of hydrogen-bond acceptors (Lipinski definition) is 9. The molecule has 0 unspecified atom stereocenters. The number of hydrogen-bond donors (Lipinski definition) is 1. The summed E-state index contributed by atoms with van der Waals surface area (Å²) in [4.78, 5) is 47.5. The van der Waals surface area contributed by atoms with Gasteiger partial charge in [-0.2, -0.15) is 0 Å². The molecule has 3 rings (SSSR count). The average molecular weight is 421 g/mol. The van der Waals surface area contributed by atoms with Crippen molar-refractivity contribution < 1.29 is 42.9 Å². The first-order chi connectivity index (χ1) is 14.2. The number of nitrogens with one attached hydrogen (secondary N) is 1. The second-order valence-corrected chi connectivity index (χ2v) is 7.09. The number of benzene rings is 1. The Hall–Kier alpha value is -3.30. The lowest BCUT2D eigenvalue weighted by molar-refractivity contribution is -0.167. The molecule has 0 bridgehead atoms. The van der Waals surface area contributed by atoms with Crippen LogP contribution >= 0.6 is 0 Å². The monoisotopic (exact) mass is 421 g/mol. The molecule has 0 aliphatic carbocycles. The van der Waals surface area contributed by atoms with Crippen LogP contribution in [-0.4, -0.2) is 55.5 Å². The first kappa shape index (κ1) is 21.4. The van der Waals surface area contributed by atoms with Gasteiger partial charge in [0.1, 0.15) is 18.8 Å². The fourth-order valence-corrected chi connectivity index (χ4v) is 3.72. The van der Waals surface area contributed by atoms with E-state index >= 15 is 0 Å². The Morgan fingerprint density at radius 3 is 2.30 bits per heavy atom. The molecular formula is C20H23NO9. The van der Waals surface area contributed by atoms with Gasteiger partial charge in [0.25, 0.3) is 5.91 Å². The maximum absolute atomic E-state index is 12.7. The molecule has 1 N–H and O–H groups in total. The van der Waals surface area contributed by atoms with Gasteiger partial charge >= 0.3 is 17.9 Å². The Bertz CT molecular complexity index is 881. The lowest BCUT2D eigenvalue weighted by Gasteiger charge is -2.39. The van der Waals surface area contributed by atoms with Crippen LogP contribution in [0.15, 0.2) is 12.1 Å². The SMILES string of the molecule is CC(=O)OC[C@@H]1NC(=O)c2cc3c(cc2[C@H]1[C@@H](OC(C)=O)[C@@H](C)OC(C)=O)OCO3. The van der Waals surface area contributed by atoms with Crippen LogP contribution in [0.5, 0.6) is 11.5 Å². The molecule has 2 aliphatic heterocycles. The van der Waals surface area contributed by atoms with Crippen molar-refractivity contribution in [1.29, 1.82) is 0 Å². The predicted molar refractivity (Wildman–Crippen MR) is 100.0 cm³/mol. The minimum absolute atomic E-state index is 0.0125. The molecule has 162 valence electrons. The summed E-state index contributed by atoms with van der Waals surface area (Å²) in [6.45, 7) is 5.16. The number of carbonyl (C=O) groups is 4. The molecule has 1 aromatic rings. The van der Waals surface area contributed by atoms with E-state index in [2.05, 4.69) is 5.32 Å². The van der Waals surface area contributed by atoms with Crippen molar-refractivity contribution in [3.05, 3.63) is 23.3 Å².